The lowest BCUT2D eigenvalue weighted by Crippen LogP contribution is -2.53. The summed E-state index contributed by atoms with van der Waals surface area (Å²) < 4.78 is 0. The molecular weight excluding hydrogens is 284 g/mol. The molecule has 2 nitrogen and oxygen atoms in total. The Balaban J connectivity index is 1.73. The summed E-state index contributed by atoms with van der Waals surface area (Å²) in [6.45, 7) is 4.62. The van der Waals surface area contributed by atoms with Crippen LogP contribution in [0.15, 0.2) is 23.3 Å². The number of aliphatic hydroxyl groups is 1. The summed E-state index contributed by atoms with van der Waals surface area (Å²) in [7, 11) is 0. The van der Waals surface area contributed by atoms with E-state index in [-0.39, 0.29) is 16.6 Å². The van der Waals surface area contributed by atoms with Gasteiger partial charge in [-0.05, 0) is 66.9 Å². The Morgan fingerprint density at radius 3 is 2.78 bits per heavy atom. The topological polar surface area (TPSA) is 37.3 Å². The molecule has 0 bridgehead atoms. The SMILES string of the molecule is C#CC1=CCC2C3C[C@@H](O)C4=CC(=O)CCC4(C)C3CCC12C. The standard InChI is InChI=1S/C21H26O2/c1-4-13-5-6-16-15-12-19(23)18-11-14(22)7-9-21(18,3)17(15)8-10-20(13,16)2/h1,5,11,15-17,19,23H,6-10,12H2,2-3H3/t15?,16?,17?,19-,20?,21?/m1/s1. The number of fused-ring (bicyclic) bond motifs is 5. The third kappa shape index (κ3) is 1.89. The number of terminal acetylenes is 1. The van der Waals surface area contributed by atoms with Gasteiger partial charge in [0.05, 0.1) is 6.10 Å². The van der Waals surface area contributed by atoms with E-state index in [9.17, 15) is 9.90 Å². The minimum Gasteiger partial charge on any atom is -0.389 e. The van der Waals surface area contributed by atoms with Crippen LogP contribution in [-0.2, 0) is 4.79 Å². The fourth-order valence-corrected chi connectivity index (χ4v) is 6.40. The van der Waals surface area contributed by atoms with E-state index >= 15 is 0 Å². The van der Waals surface area contributed by atoms with E-state index < -0.39 is 6.10 Å². The van der Waals surface area contributed by atoms with E-state index in [2.05, 4.69) is 25.8 Å². The molecule has 0 radical (unpaired) electrons. The summed E-state index contributed by atoms with van der Waals surface area (Å²) in [6, 6.07) is 0. The van der Waals surface area contributed by atoms with E-state index in [1.54, 1.807) is 6.08 Å². The molecule has 2 saturated carbocycles. The second kappa shape index (κ2) is 4.84. The normalized spacial score (nSPS) is 48.5. The van der Waals surface area contributed by atoms with Gasteiger partial charge in [0.25, 0.3) is 0 Å². The minimum atomic E-state index is -0.456. The summed E-state index contributed by atoms with van der Waals surface area (Å²) in [5, 5.41) is 10.8. The van der Waals surface area contributed by atoms with Crippen molar-refractivity contribution in [1.29, 1.82) is 0 Å². The van der Waals surface area contributed by atoms with Crippen molar-refractivity contribution in [1.82, 2.24) is 0 Å². The molecule has 2 fully saturated rings. The molecule has 0 heterocycles. The molecule has 5 unspecified atom stereocenters. The number of hydrogen-bond acceptors (Lipinski definition) is 2. The Hall–Kier alpha value is -1.33. The maximum absolute atomic E-state index is 11.9. The quantitative estimate of drug-likeness (QED) is 0.693. The van der Waals surface area contributed by atoms with Crippen LogP contribution in [0.2, 0.25) is 0 Å². The first kappa shape index (κ1) is 15.2. The van der Waals surface area contributed by atoms with Crippen LogP contribution in [0.5, 0.6) is 0 Å². The number of ketones is 1. The predicted molar refractivity (Wildman–Crippen MR) is 90.4 cm³/mol. The van der Waals surface area contributed by atoms with Crippen LogP contribution in [0.3, 0.4) is 0 Å². The highest BCUT2D eigenvalue weighted by Crippen LogP contribution is 2.65. The van der Waals surface area contributed by atoms with Crippen molar-refractivity contribution in [3.05, 3.63) is 23.3 Å². The lowest BCUT2D eigenvalue weighted by atomic mass is 9.46. The molecule has 4 aliphatic rings. The molecule has 4 rings (SSSR count). The molecule has 0 aromatic rings. The van der Waals surface area contributed by atoms with E-state index in [1.807, 2.05) is 0 Å². The van der Waals surface area contributed by atoms with Crippen LogP contribution in [0, 0.1) is 40.9 Å². The molecule has 0 amide bonds. The van der Waals surface area contributed by atoms with Gasteiger partial charge >= 0.3 is 0 Å². The first-order chi connectivity index (χ1) is 10.9. The zero-order valence-electron chi connectivity index (χ0n) is 14.1. The summed E-state index contributed by atoms with van der Waals surface area (Å²) >= 11 is 0. The monoisotopic (exact) mass is 310 g/mol. The summed E-state index contributed by atoms with van der Waals surface area (Å²) in [5.74, 6) is 4.76. The Labute approximate surface area is 139 Å². The second-order valence-electron chi connectivity index (χ2n) is 8.57. The fraction of sp³-hybridized carbons (Fsp3) is 0.667. The smallest absolute Gasteiger partial charge is 0.155 e. The van der Waals surface area contributed by atoms with Crippen molar-refractivity contribution in [2.75, 3.05) is 0 Å². The van der Waals surface area contributed by atoms with Gasteiger partial charge in [-0.15, -0.1) is 6.42 Å². The zero-order valence-corrected chi connectivity index (χ0v) is 14.1. The van der Waals surface area contributed by atoms with Gasteiger partial charge in [0.15, 0.2) is 5.78 Å². The third-order valence-corrected chi connectivity index (χ3v) is 7.71. The molecule has 4 aliphatic carbocycles. The van der Waals surface area contributed by atoms with Gasteiger partial charge in [0, 0.05) is 17.4 Å². The van der Waals surface area contributed by atoms with Crippen LogP contribution < -0.4 is 0 Å². The first-order valence-corrected chi connectivity index (χ1v) is 9.00. The molecule has 23 heavy (non-hydrogen) atoms. The average Bonchev–Trinajstić information content (AvgIpc) is 2.86. The maximum Gasteiger partial charge on any atom is 0.155 e. The van der Waals surface area contributed by atoms with Crippen molar-refractivity contribution in [2.45, 2.75) is 58.5 Å². The molecule has 0 saturated heterocycles. The Bertz CT molecular complexity index is 664. The molecule has 0 aromatic carbocycles. The van der Waals surface area contributed by atoms with Gasteiger partial charge in [-0.2, -0.15) is 0 Å². The number of carbonyl (C=O) groups excluding carboxylic acids is 1. The Morgan fingerprint density at radius 1 is 1.26 bits per heavy atom. The Morgan fingerprint density at radius 2 is 2.04 bits per heavy atom. The first-order valence-electron chi connectivity index (χ1n) is 9.00. The zero-order chi connectivity index (χ0) is 16.4. The van der Waals surface area contributed by atoms with E-state index in [4.69, 9.17) is 6.42 Å². The van der Waals surface area contributed by atoms with Crippen molar-refractivity contribution in [3.63, 3.8) is 0 Å². The van der Waals surface area contributed by atoms with Crippen molar-refractivity contribution in [3.8, 4) is 12.3 Å². The maximum atomic E-state index is 11.9. The molecule has 122 valence electrons. The van der Waals surface area contributed by atoms with Gasteiger partial charge in [-0.3, -0.25) is 4.79 Å². The fourth-order valence-electron chi connectivity index (χ4n) is 6.40. The molecule has 0 aromatic heterocycles. The van der Waals surface area contributed by atoms with E-state index in [0.29, 0.717) is 24.2 Å². The van der Waals surface area contributed by atoms with Crippen molar-refractivity contribution < 1.29 is 9.90 Å². The van der Waals surface area contributed by atoms with Gasteiger partial charge in [-0.25, -0.2) is 0 Å². The average molecular weight is 310 g/mol. The molecule has 0 aliphatic heterocycles. The number of allylic oxidation sites excluding steroid dienone is 3. The van der Waals surface area contributed by atoms with Crippen LogP contribution in [-0.4, -0.2) is 17.0 Å². The van der Waals surface area contributed by atoms with Crippen LogP contribution in [0.4, 0.5) is 0 Å². The number of aliphatic hydroxyl groups excluding tert-OH is 1. The van der Waals surface area contributed by atoms with Crippen molar-refractivity contribution >= 4 is 5.78 Å². The molecule has 2 heteroatoms. The van der Waals surface area contributed by atoms with Gasteiger partial charge in [0.1, 0.15) is 0 Å². The van der Waals surface area contributed by atoms with Crippen LogP contribution >= 0.6 is 0 Å². The molecule has 1 N–H and O–H groups in total. The van der Waals surface area contributed by atoms with Gasteiger partial charge < -0.3 is 5.11 Å². The highest BCUT2D eigenvalue weighted by molar-refractivity contribution is 5.91. The van der Waals surface area contributed by atoms with Gasteiger partial charge in [0.2, 0.25) is 0 Å². The van der Waals surface area contributed by atoms with Gasteiger partial charge in [-0.1, -0.05) is 25.8 Å². The van der Waals surface area contributed by atoms with Crippen LogP contribution in [0.1, 0.15) is 52.4 Å². The van der Waals surface area contributed by atoms with Crippen LogP contribution in [0.25, 0.3) is 0 Å². The molecule has 0 spiro atoms. The van der Waals surface area contributed by atoms with E-state index in [0.717, 1.165) is 37.7 Å². The number of hydrogen-bond donors (Lipinski definition) is 1. The Kier molecular flexibility index (Phi) is 3.20. The minimum absolute atomic E-state index is 0.00350. The molecule has 6 atom stereocenters. The second-order valence-corrected chi connectivity index (χ2v) is 8.57. The summed E-state index contributed by atoms with van der Waals surface area (Å²) in [6.07, 6.45) is 15.0. The molecular formula is C21H26O2. The number of carbonyl (C=O) groups is 1. The highest BCUT2D eigenvalue weighted by Gasteiger charge is 2.58. The largest absolute Gasteiger partial charge is 0.389 e. The lowest BCUT2D eigenvalue weighted by molar-refractivity contribution is -0.118. The third-order valence-electron chi connectivity index (χ3n) is 7.71. The van der Waals surface area contributed by atoms with Crippen molar-refractivity contribution in [2.24, 2.45) is 28.6 Å². The highest BCUT2D eigenvalue weighted by atomic mass is 16.3. The number of rotatable bonds is 0. The summed E-state index contributed by atoms with van der Waals surface area (Å²) in [5.41, 5.74) is 2.32. The summed E-state index contributed by atoms with van der Waals surface area (Å²) in [4.78, 5) is 11.9. The lowest BCUT2D eigenvalue weighted by Gasteiger charge is -2.58. The predicted octanol–water partition coefficient (Wildman–Crippen LogP) is 3.66. The van der Waals surface area contributed by atoms with E-state index in [1.165, 1.54) is 5.57 Å².